The Morgan fingerprint density at radius 1 is 0.900 bits per heavy atom. The zero-order valence-corrected chi connectivity index (χ0v) is 18.7. The molecule has 1 aliphatic rings. The number of sulfonamides is 1. The van der Waals surface area contributed by atoms with Gasteiger partial charge in [-0.3, -0.25) is 0 Å². The summed E-state index contributed by atoms with van der Waals surface area (Å²) < 4.78 is 41.4. The molecule has 3 aromatic rings. The minimum Gasteiger partial charge on any atom is -0.490 e. The van der Waals surface area contributed by atoms with Crippen LogP contribution in [0.3, 0.4) is 0 Å². The highest BCUT2D eigenvalue weighted by Gasteiger charge is 2.23. The lowest BCUT2D eigenvalue weighted by molar-refractivity contribution is 0.297. The van der Waals surface area contributed by atoms with Crippen molar-refractivity contribution in [2.75, 3.05) is 13.2 Å². The van der Waals surface area contributed by atoms with Crippen molar-refractivity contribution < 1.29 is 17.9 Å². The third-order valence-electron chi connectivity index (χ3n) is 4.88. The van der Waals surface area contributed by atoms with Crippen LogP contribution in [0.1, 0.15) is 23.6 Å². The quantitative estimate of drug-likeness (QED) is 0.538. The summed E-state index contributed by atoms with van der Waals surface area (Å²) in [4.78, 5) is 0.220. The fraction of sp³-hybridized carbons (Fsp3) is 0.217. The molecule has 1 N–H and O–H groups in total. The summed E-state index contributed by atoms with van der Waals surface area (Å²) in [5, 5.41) is 0. The van der Waals surface area contributed by atoms with E-state index >= 15 is 0 Å². The molecule has 0 aliphatic carbocycles. The molecule has 0 aromatic heterocycles. The average Bonchev–Trinajstić information content (AvgIpc) is 2.99. The molecule has 0 saturated heterocycles. The van der Waals surface area contributed by atoms with E-state index in [0.29, 0.717) is 31.1 Å². The number of rotatable bonds is 6. The number of nitrogens with one attached hydrogen (secondary N) is 1. The van der Waals surface area contributed by atoms with Gasteiger partial charge in [-0.25, -0.2) is 13.1 Å². The van der Waals surface area contributed by atoms with Crippen LogP contribution in [0, 0.1) is 0 Å². The Morgan fingerprint density at radius 3 is 2.33 bits per heavy atom. The van der Waals surface area contributed by atoms with Crippen molar-refractivity contribution in [3.63, 3.8) is 0 Å². The normalized spacial score (nSPS) is 14.7. The molecule has 0 fully saturated rings. The van der Waals surface area contributed by atoms with E-state index in [4.69, 9.17) is 9.47 Å². The third kappa shape index (κ3) is 5.03. The van der Waals surface area contributed by atoms with Crippen LogP contribution in [0.2, 0.25) is 0 Å². The first-order valence-electron chi connectivity index (χ1n) is 9.73. The largest absolute Gasteiger partial charge is 0.490 e. The molecule has 0 spiro atoms. The van der Waals surface area contributed by atoms with Gasteiger partial charge in [0.05, 0.1) is 24.2 Å². The van der Waals surface area contributed by atoms with Crippen molar-refractivity contribution in [1.29, 1.82) is 0 Å². The Balaban J connectivity index is 1.68. The predicted molar refractivity (Wildman–Crippen MR) is 119 cm³/mol. The van der Waals surface area contributed by atoms with Crippen molar-refractivity contribution >= 4 is 26.0 Å². The van der Waals surface area contributed by atoms with E-state index in [1.165, 1.54) is 0 Å². The van der Waals surface area contributed by atoms with E-state index in [-0.39, 0.29) is 4.90 Å². The SMILES string of the molecule is O=S(=O)(NC(Cc1ccccc1)c1ccc2c(c1)OCCCO2)c1ccc(Br)cc1. The van der Waals surface area contributed by atoms with E-state index in [2.05, 4.69) is 20.7 Å². The number of fused-ring (bicyclic) bond motifs is 1. The maximum absolute atomic E-state index is 13.1. The minimum atomic E-state index is -3.72. The van der Waals surface area contributed by atoms with Gasteiger partial charge in [-0.1, -0.05) is 52.3 Å². The highest BCUT2D eigenvalue weighted by molar-refractivity contribution is 9.10. The number of ether oxygens (including phenoxy) is 2. The first-order valence-corrected chi connectivity index (χ1v) is 12.0. The number of benzene rings is 3. The van der Waals surface area contributed by atoms with Crippen molar-refractivity contribution in [2.45, 2.75) is 23.8 Å². The van der Waals surface area contributed by atoms with Crippen LogP contribution in [0.15, 0.2) is 82.2 Å². The number of hydrogen-bond donors (Lipinski definition) is 1. The van der Waals surface area contributed by atoms with E-state index < -0.39 is 16.1 Å². The lowest BCUT2D eigenvalue weighted by atomic mass is 9.99. The highest BCUT2D eigenvalue weighted by Crippen LogP contribution is 2.33. The Hall–Kier alpha value is -2.35. The molecule has 0 radical (unpaired) electrons. The van der Waals surface area contributed by atoms with Crippen molar-refractivity contribution in [3.05, 3.63) is 88.4 Å². The van der Waals surface area contributed by atoms with Crippen molar-refractivity contribution in [1.82, 2.24) is 4.72 Å². The topological polar surface area (TPSA) is 64.6 Å². The molecule has 0 bridgehead atoms. The predicted octanol–water partition coefficient (Wildman–Crippen LogP) is 4.87. The molecular formula is C23H22BrNO4S. The Labute approximate surface area is 185 Å². The van der Waals surface area contributed by atoms with E-state index in [1.807, 2.05) is 48.5 Å². The summed E-state index contributed by atoms with van der Waals surface area (Å²) in [6.45, 7) is 1.18. The molecule has 30 heavy (non-hydrogen) atoms. The van der Waals surface area contributed by atoms with Gasteiger partial charge in [0.2, 0.25) is 10.0 Å². The van der Waals surface area contributed by atoms with Gasteiger partial charge in [-0.05, 0) is 53.9 Å². The summed E-state index contributed by atoms with van der Waals surface area (Å²) in [6.07, 6.45) is 1.32. The van der Waals surface area contributed by atoms with Crippen LogP contribution in [0.25, 0.3) is 0 Å². The zero-order chi connectivity index (χ0) is 21.0. The van der Waals surface area contributed by atoms with Gasteiger partial charge >= 0.3 is 0 Å². The second-order valence-corrected chi connectivity index (χ2v) is 9.70. The van der Waals surface area contributed by atoms with Crippen LogP contribution in [-0.2, 0) is 16.4 Å². The standard InChI is InChI=1S/C23H22BrNO4S/c24-19-8-10-20(11-9-19)30(26,27)25-21(15-17-5-2-1-3-6-17)18-7-12-22-23(16-18)29-14-4-13-28-22/h1-3,5-12,16,21,25H,4,13-15H2. The summed E-state index contributed by atoms with van der Waals surface area (Å²) in [6, 6.07) is 21.6. The van der Waals surface area contributed by atoms with Crippen LogP contribution in [0.4, 0.5) is 0 Å². The lowest BCUT2D eigenvalue weighted by Crippen LogP contribution is -2.30. The summed E-state index contributed by atoms with van der Waals surface area (Å²) in [5.41, 5.74) is 1.86. The molecule has 1 unspecified atom stereocenters. The molecule has 0 saturated carbocycles. The van der Waals surface area contributed by atoms with E-state index in [1.54, 1.807) is 24.3 Å². The van der Waals surface area contributed by atoms with E-state index in [9.17, 15) is 8.42 Å². The van der Waals surface area contributed by atoms with Crippen LogP contribution >= 0.6 is 15.9 Å². The zero-order valence-electron chi connectivity index (χ0n) is 16.3. The summed E-state index contributed by atoms with van der Waals surface area (Å²) >= 11 is 3.34. The monoisotopic (exact) mass is 487 g/mol. The molecule has 1 aliphatic heterocycles. The molecule has 0 amide bonds. The molecule has 1 heterocycles. The van der Waals surface area contributed by atoms with Gasteiger partial charge in [0.25, 0.3) is 0 Å². The molecule has 3 aromatic carbocycles. The van der Waals surface area contributed by atoms with Gasteiger partial charge in [-0.2, -0.15) is 0 Å². The third-order valence-corrected chi connectivity index (χ3v) is 6.89. The molecule has 5 nitrogen and oxygen atoms in total. The first-order chi connectivity index (χ1) is 14.5. The first kappa shape index (κ1) is 20.9. The summed E-state index contributed by atoms with van der Waals surface area (Å²) in [7, 11) is -3.72. The van der Waals surface area contributed by atoms with Gasteiger partial charge in [0.15, 0.2) is 11.5 Å². The number of hydrogen-bond acceptors (Lipinski definition) is 4. The molecular weight excluding hydrogens is 466 g/mol. The van der Waals surface area contributed by atoms with E-state index in [0.717, 1.165) is 22.0 Å². The fourth-order valence-corrected chi connectivity index (χ4v) is 4.83. The average molecular weight is 488 g/mol. The lowest BCUT2D eigenvalue weighted by Gasteiger charge is -2.21. The van der Waals surface area contributed by atoms with Gasteiger partial charge in [0.1, 0.15) is 0 Å². The van der Waals surface area contributed by atoms with Crippen LogP contribution in [-0.4, -0.2) is 21.6 Å². The fourth-order valence-electron chi connectivity index (χ4n) is 3.34. The maximum atomic E-state index is 13.1. The Bertz CT molecular complexity index is 1100. The van der Waals surface area contributed by atoms with Gasteiger partial charge in [-0.15, -0.1) is 0 Å². The van der Waals surface area contributed by atoms with Crippen LogP contribution in [0.5, 0.6) is 11.5 Å². The number of halogens is 1. The Morgan fingerprint density at radius 2 is 1.60 bits per heavy atom. The molecule has 4 rings (SSSR count). The Kier molecular flexibility index (Phi) is 6.41. The summed E-state index contributed by atoms with van der Waals surface area (Å²) in [5.74, 6) is 1.33. The molecule has 156 valence electrons. The van der Waals surface area contributed by atoms with Gasteiger partial charge in [0, 0.05) is 10.9 Å². The van der Waals surface area contributed by atoms with Crippen molar-refractivity contribution in [2.24, 2.45) is 0 Å². The van der Waals surface area contributed by atoms with Crippen LogP contribution < -0.4 is 14.2 Å². The second-order valence-electron chi connectivity index (χ2n) is 7.07. The maximum Gasteiger partial charge on any atom is 0.241 e. The minimum absolute atomic E-state index is 0.220. The highest BCUT2D eigenvalue weighted by atomic mass is 79.9. The second kappa shape index (κ2) is 9.20. The molecule has 7 heteroatoms. The smallest absolute Gasteiger partial charge is 0.241 e. The van der Waals surface area contributed by atoms with Crippen molar-refractivity contribution in [3.8, 4) is 11.5 Å². The van der Waals surface area contributed by atoms with Gasteiger partial charge < -0.3 is 9.47 Å². The molecule has 1 atom stereocenters.